The molecule has 0 unspecified atom stereocenters. The molecule has 1 amide bonds. The van der Waals surface area contributed by atoms with Crippen LogP contribution in [0.25, 0.3) is 0 Å². The molecule has 0 aliphatic carbocycles. The molecule has 3 aromatic rings. The summed E-state index contributed by atoms with van der Waals surface area (Å²) in [5, 5.41) is 0. The van der Waals surface area contributed by atoms with Crippen LogP contribution in [-0.2, 0) is 21.2 Å². The van der Waals surface area contributed by atoms with Gasteiger partial charge in [-0.15, -0.1) is 0 Å². The molecule has 0 radical (unpaired) electrons. The van der Waals surface area contributed by atoms with Crippen molar-refractivity contribution in [2.45, 2.75) is 17.7 Å². The highest BCUT2D eigenvalue weighted by Crippen LogP contribution is 2.34. The second-order valence-electron chi connectivity index (χ2n) is 7.64. The van der Waals surface area contributed by atoms with Crippen molar-refractivity contribution >= 4 is 27.3 Å². The van der Waals surface area contributed by atoms with Crippen molar-refractivity contribution < 1.29 is 22.7 Å². The van der Waals surface area contributed by atoms with Crippen LogP contribution in [0.2, 0.25) is 0 Å². The summed E-state index contributed by atoms with van der Waals surface area (Å²) in [7, 11) is -1.09. The molecule has 0 bridgehead atoms. The van der Waals surface area contributed by atoms with E-state index in [-0.39, 0.29) is 17.3 Å². The number of ether oxygens (including phenoxy) is 2. The number of benzene rings is 3. The Hall–Kier alpha value is -3.52. The molecule has 1 aliphatic heterocycles. The smallest absolute Gasteiger partial charge is 0.264 e. The van der Waals surface area contributed by atoms with Gasteiger partial charge in [-0.05, 0) is 60.9 Å². The second kappa shape index (κ2) is 9.54. The van der Waals surface area contributed by atoms with Crippen LogP contribution < -0.4 is 18.7 Å². The van der Waals surface area contributed by atoms with Gasteiger partial charge in [0.2, 0.25) is 5.91 Å². The van der Waals surface area contributed by atoms with Gasteiger partial charge in [0.05, 0.1) is 24.8 Å². The third-order valence-corrected chi connectivity index (χ3v) is 7.47. The average Bonchev–Trinajstić information content (AvgIpc) is 2.86. The van der Waals surface area contributed by atoms with Crippen molar-refractivity contribution in [2.24, 2.45) is 0 Å². The van der Waals surface area contributed by atoms with Crippen LogP contribution >= 0.6 is 0 Å². The number of hydrogen-bond donors (Lipinski definition) is 0. The SMILES string of the molecule is COc1ccc(S(=O)(=O)N(CC(=O)N2CCCc3ccccc32)c2ccccc2OC)cc1. The highest BCUT2D eigenvalue weighted by atomic mass is 32.2. The van der Waals surface area contributed by atoms with Crippen LogP contribution in [0.1, 0.15) is 12.0 Å². The summed E-state index contributed by atoms with van der Waals surface area (Å²) >= 11 is 0. The van der Waals surface area contributed by atoms with Gasteiger partial charge < -0.3 is 14.4 Å². The topological polar surface area (TPSA) is 76.2 Å². The van der Waals surface area contributed by atoms with Crippen molar-refractivity contribution in [3.05, 3.63) is 78.4 Å². The highest BCUT2D eigenvalue weighted by Gasteiger charge is 2.32. The fourth-order valence-corrected chi connectivity index (χ4v) is 5.44. The van der Waals surface area contributed by atoms with Gasteiger partial charge in [0.15, 0.2) is 0 Å². The maximum Gasteiger partial charge on any atom is 0.264 e. The van der Waals surface area contributed by atoms with E-state index in [1.54, 1.807) is 41.3 Å². The summed E-state index contributed by atoms with van der Waals surface area (Å²) in [6.45, 7) is 0.182. The zero-order chi connectivity index (χ0) is 23.4. The Labute approximate surface area is 194 Å². The zero-order valence-electron chi connectivity index (χ0n) is 18.6. The van der Waals surface area contributed by atoms with Gasteiger partial charge in [0.25, 0.3) is 10.0 Å². The lowest BCUT2D eigenvalue weighted by atomic mass is 10.0. The molecule has 4 rings (SSSR count). The number of carbonyl (C=O) groups excluding carboxylic acids is 1. The maximum atomic E-state index is 13.7. The molecule has 1 heterocycles. The summed E-state index contributed by atoms with van der Waals surface area (Å²) < 4.78 is 39.1. The van der Waals surface area contributed by atoms with E-state index in [9.17, 15) is 13.2 Å². The van der Waals surface area contributed by atoms with Crippen LogP contribution in [0.3, 0.4) is 0 Å². The van der Waals surface area contributed by atoms with Crippen LogP contribution in [0.15, 0.2) is 77.7 Å². The number of amides is 1. The van der Waals surface area contributed by atoms with Gasteiger partial charge in [0.1, 0.15) is 18.0 Å². The molecule has 0 atom stereocenters. The minimum atomic E-state index is -4.07. The highest BCUT2D eigenvalue weighted by molar-refractivity contribution is 7.92. The first-order valence-corrected chi connectivity index (χ1v) is 12.1. The Balaban J connectivity index is 1.74. The molecule has 172 valence electrons. The normalized spacial score (nSPS) is 13.2. The fourth-order valence-electron chi connectivity index (χ4n) is 4.01. The lowest BCUT2D eigenvalue weighted by molar-refractivity contribution is -0.117. The third-order valence-electron chi connectivity index (χ3n) is 5.69. The number of para-hydroxylation sites is 3. The van der Waals surface area contributed by atoms with E-state index in [1.165, 1.54) is 26.4 Å². The van der Waals surface area contributed by atoms with Crippen molar-refractivity contribution in [3.63, 3.8) is 0 Å². The van der Waals surface area contributed by atoms with Gasteiger partial charge in [0, 0.05) is 12.2 Å². The monoisotopic (exact) mass is 466 g/mol. The van der Waals surface area contributed by atoms with Crippen molar-refractivity contribution in [2.75, 3.05) is 36.5 Å². The van der Waals surface area contributed by atoms with Crippen LogP contribution in [-0.4, -0.2) is 41.6 Å². The van der Waals surface area contributed by atoms with Gasteiger partial charge in [-0.3, -0.25) is 9.10 Å². The van der Waals surface area contributed by atoms with Crippen molar-refractivity contribution in [1.82, 2.24) is 0 Å². The average molecular weight is 467 g/mol. The largest absolute Gasteiger partial charge is 0.497 e. The third kappa shape index (κ3) is 4.52. The minimum Gasteiger partial charge on any atom is -0.497 e. The molecule has 8 heteroatoms. The van der Waals surface area contributed by atoms with Gasteiger partial charge in [-0.2, -0.15) is 0 Å². The molecule has 0 spiro atoms. The second-order valence-corrected chi connectivity index (χ2v) is 9.50. The number of sulfonamides is 1. The Morgan fingerprint density at radius 3 is 2.36 bits per heavy atom. The summed E-state index contributed by atoms with van der Waals surface area (Å²) in [6, 6.07) is 20.6. The predicted molar refractivity (Wildman–Crippen MR) is 128 cm³/mol. The predicted octanol–water partition coefficient (Wildman–Crippen LogP) is 3.88. The molecular formula is C25H26N2O5S. The van der Waals surface area contributed by atoms with E-state index >= 15 is 0 Å². The van der Waals surface area contributed by atoms with Gasteiger partial charge in [-0.1, -0.05) is 30.3 Å². The summed E-state index contributed by atoms with van der Waals surface area (Å²) in [5.41, 5.74) is 2.21. The van der Waals surface area contributed by atoms with Gasteiger partial charge >= 0.3 is 0 Å². The first-order chi connectivity index (χ1) is 16.0. The van der Waals surface area contributed by atoms with E-state index in [1.807, 2.05) is 24.3 Å². The standard InChI is InChI=1S/C25H26N2O5S/c1-31-20-13-15-21(16-14-20)33(29,30)27(23-11-5-6-12-24(23)32-2)18-25(28)26-17-7-9-19-8-3-4-10-22(19)26/h3-6,8,10-16H,7,9,17-18H2,1-2H3. The summed E-state index contributed by atoms with van der Waals surface area (Å²) in [5.74, 6) is 0.602. The summed E-state index contributed by atoms with van der Waals surface area (Å²) in [4.78, 5) is 15.2. The van der Waals surface area contributed by atoms with Gasteiger partial charge in [-0.25, -0.2) is 8.42 Å². The Bertz CT molecular complexity index is 1240. The number of methoxy groups -OCH3 is 2. The van der Waals surface area contributed by atoms with Crippen molar-refractivity contribution in [1.29, 1.82) is 0 Å². The van der Waals surface area contributed by atoms with E-state index < -0.39 is 10.0 Å². The summed E-state index contributed by atoms with van der Waals surface area (Å²) in [6.07, 6.45) is 1.71. The van der Waals surface area contributed by atoms with Crippen LogP contribution in [0.5, 0.6) is 11.5 Å². The van der Waals surface area contributed by atoms with E-state index in [4.69, 9.17) is 9.47 Å². The fraction of sp³-hybridized carbons (Fsp3) is 0.240. The van der Waals surface area contributed by atoms with Crippen LogP contribution in [0, 0.1) is 0 Å². The molecule has 0 aromatic heterocycles. The van der Waals surface area contributed by atoms with Crippen LogP contribution in [0.4, 0.5) is 11.4 Å². The Kier molecular flexibility index (Phi) is 6.55. The molecule has 0 saturated heterocycles. The molecule has 0 saturated carbocycles. The van der Waals surface area contributed by atoms with E-state index in [2.05, 4.69) is 0 Å². The minimum absolute atomic E-state index is 0.0565. The maximum absolute atomic E-state index is 13.7. The molecule has 0 N–H and O–H groups in total. The number of rotatable bonds is 7. The number of fused-ring (bicyclic) bond motifs is 1. The zero-order valence-corrected chi connectivity index (χ0v) is 19.4. The molecule has 0 fully saturated rings. The Morgan fingerprint density at radius 1 is 0.939 bits per heavy atom. The molecule has 7 nitrogen and oxygen atoms in total. The number of hydrogen-bond acceptors (Lipinski definition) is 5. The lowest BCUT2D eigenvalue weighted by Gasteiger charge is -2.32. The molecule has 3 aromatic carbocycles. The lowest BCUT2D eigenvalue weighted by Crippen LogP contribution is -2.45. The molecular weight excluding hydrogens is 440 g/mol. The number of anilines is 2. The van der Waals surface area contributed by atoms with Crippen molar-refractivity contribution in [3.8, 4) is 11.5 Å². The number of carbonyl (C=O) groups is 1. The number of aryl methyl sites for hydroxylation is 1. The number of nitrogens with zero attached hydrogens (tertiary/aromatic N) is 2. The Morgan fingerprint density at radius 2 is 1.64 bits per heavy atom. The van der Waals surface area contributed by atoms with E-state index in [0.717, 1.165) is 28.4 Å². The van der Waals surface area contributed by atoms with E-state index in [0.29, 0.717) is 23.7 Å². The molecule has 33 heavy (non-hydrogen) atoms. The quantitative estimate of drug-likeness (QED) is 0.528. The molecule has 1 aliphatic rings. The first-order valence-electron chi connectivity index (χ1n) is 10.6. The first kappa shape index (κ1) is 22.7.